The second-order valence-corrected chi connectivity index (χ2v) is 11.8. The third-order valence-electron chi connectivity index (χ3n) is 6.58. The van der Waals surface area contributed by atoms with Gasteiger partial charge in [0.25, 0.3) is 5.95 Å². The maximum atomic E-state index is 12.6. The van der Waals surface area contributed by atoms with E-state index < -0.39 is 22.2 Å². The van der Waals surface area contributed by atoms with Gasteiger partial charge in [0.05, 0.1) is 0 Å². The van der Waals surface area contributed by atoms with E-state index in [1.807, 2.05) is 60.9 Å². The summed E-state index contributed by atoms with van der Waals surface area (Å²) in [6.07, 6.45) is 2.50. The van der Waals surface area contributed by atoms with Crippen molar-refractivity contribution in [3.63, 3.8) is 0 Å². The highest BCUT2D eigenvalue weighted by molar-refractivity contribution is 5.42. The Morgan fingerprint density at radius 3 is 1.22 bits per heavy atom. The van der Waals surface area contributed by atoms with E-state index in [1.54, 1.807) is 0 Å². The van der Waals surface area contributed by atoms with Crippen molar-refractivity contribution < 1.29 is 15.6 Å². The molecule has 4 N–H and O–H groups in total. The molecule has 2 fully saturated rings. The van der Waals surface area contributed by atoms with Gasteiger partial charge >= 0.3 is 0 Å². The highest BCUT2D eigenvalue weighted by Gasteiger charge is 2.47. The van der Waals surface area contributed by atoms with Gasteiger partial charge in [0.15, 0.2) is 0 Å². The van der Waals surface area contributed by atoms with E-state index in [2.05, 4.69) is 25.6 Å². The van der Waals surface area contributed by atoms with Crippen molar-refractivity contribution in [1.29, 1.82) is 0 Å². The van der Waals surface area contributed by atoms with Gasteiger partial charge in [0.2, 0.25) is 11.9 Å². The molecule has 0 amide bonds. The molecule has 180 valence electrons. The minimum Gasteiger partial charge on any atom is -0.351 e. The average Bonchev–Trinajstić information content (AvgIpc) is 2.63. The van der Waals surface area contributed by atoms with Gasteiger partial charge in [-0.3, -0.25) is 5.21 Å². The summed E-state index contributed by atoms with van der Waals surface area (Å²) in [7, 11) is 0. The maximum Gasteiger partial charge on any atom is 0.253 e. The Kier molecular flexibility index (Phi) is 6.37. The number of nitrogens with one attached hydrogen (secondary N) is 3. The van der Waals surface area contributed by atoms with Crippen molar-refractivity contribution in [2.24, 2.45) is 0 Å². The molecule has 2 aliphatic heterocycles. The molecule has 1 aromatic heterocycles. The molecule has 11 heteroatoms. The second-order valence-electron chi connectivity index (χ2n) is 11.8. The lowest BCUT2D eigenvalue weighted by molar-refractivity contribution is -0.288. The Bertz CT molecular complexity index is 731. The molecule has 0 bridgehead atoms. The van der Waals surface area contributed by atoms with Crippen LogP contribution in [0.15, 0.2) is 0 Å². The zero-order chi connectivity index (χ0) is 24.1. The Hall–Kier alpha value is -1.79. The van der Waals surface area contributed by atoms with Gasteiger partial charge in [-0.05, 0) is 81.1 Å². The van der Waals surface area contributed by atoms with E-state index in [0.29, 0.717) is 37.6 Å². The van der Waals surface area contributed by atoms with Gasteiger partial charge in [-0.25, -0.2) is 5.48 Å². The van der Waals surface area contributed by atoms with Crippen LogP contribution in [0.2, 0.25) is 0 Å². The summed E-state index contributed by atoms with van der Waals surface area (Å²) in [5.41, 5.74) is -0.128. The van der Waals surface area contributed by atoms with Gasteiger partial charge in [-0.2, -0.15) is 15.0 Å². The van der Waals surface area contributed by atoms with E-state index in [0.717, 1.165) is 0 Å². The zero-order valence-electron chi connectivity index (χ0n) is 20.5. The lowest BCUT2D eigenvalue weighted by atomic mass is 9.79. The first kappa shape index (κ1) is 24.8. The Morgan fingerprint density at radius 1 is 0.656 bits per heavy atom. The number of piperidine rings is 2. The number of nitrogens with zero attached hydrogens (tertiary/aromatic N) is 5. The normalized spacial score (nSPS) is 26.0. The summed E-state index contributed by atoms with van der Waals surface area (Å²) in [5, 5.41) is 43.7. The average molecular weight is 451 g/mol. The van der Waals surface area contributed by atoms with Crippen LogP contribution in [-0.2, 0) is 10.4 Å². The molecule has 0 atom stereocenters. The van der Waals surface area contributed by atoms with E-state index in [1.165, 1.54) is 10.1 Å². The molecule has 32 heavy (non-hydrogen) atoms. The van der Waals surface area contributed by atoms with Crippen LogP contribution in [-0.4, -0.2) is 64.5 Å². The van der Waals surface area contributed by atoms with Crippen LogP contribution in [0, 0.1) is 0 Å². The number of anilines is 3. The summed E-state index contributed by atoms with van der Waals surface area (Å²) in [6.45, 7) is 15.5. The van der Waals surface area contributed by atoms with Crippen molar-refractivity contribution in [3.8, 4) is 0 Å². The number of hydrogen-bond acceptors (Lipinski definition) is 9. The first-order chi connectivity index (χ1) is 14.6. The molecule has 3 heterocycles. The van der Waals surface area contributed by atoms with Gasteiger partial charge in [0, 0.05) is 34.2 Å². The minimum atomic E-state index is -0.533. The Morgan fingerprint density at radius 2 is 0.938 bits per heavy atom. The fourth-order valence-corrected chi connectivity index (χ4v) is 5.65. The molecule has 0 saturated carbocycles. The Labute approximate surface area is 190 Å². The fraction of sp³-hybridized carbons (Fsp3) is 0.857. The number of rotatable bonds is 5. The largest absolute Gasteiger partial charge is 0.351 e. The lowest BCUT2D eigenvalue weighted by Crippen LogP contribution is -2.60. The summed E-state index contributed by atoms with van der Waals surface area (Å²) in [6, 6.07) is -0.0397. The SMILES string of the molecule is CC1(C)CC(Nc2nc(NO)nc(NC3CC(C)(C)N([O])C(C)(C)C3)n2)CC(C)(C)N1[O]. The van der Waals surface area contributed by atoms with Crippen LogP contribution >= 0.6 is 0 Å². The van der Waals surface area contributed by atoms with Crippen molar-refractivity contribution in [1.82, 2.24) is 25.1 Å². The van der Waals surface area contributed by atoms with Crippen LogP contribution in [0.4, 0.5) is 17.8 Å². The fourth-order valence-electron chi connectivity index (χ4n) is 5.65. The van der Waals surface area contributed by atoms with Gasteiger partial charge < -0.3 is 10.6 Å². The summed E-state index contributed by atoms with van der Waals surface area (Å²) < 4.78 is 0. The van der Waals surface area contributed by atoms with E-state index >= 15 is 0 Å². The first-order valence-electron chi connectivity index (χ1n) is 11.2. The molecule has 1 aromatic rings. The smallest absolute Gasteiger partial charge is 0.253 e. The number of aromatic nitrogens is 3. The molecular formula is C21H38N8O3. The molecule has 0 spiro atoms. The predicted molar refractivity (Wildman–Crippen MR) is 120 cm³/mol. The first-order valence-corrected chi connectivity index (χ1v) is 11.2. The molecule has 2 radical (unpaired) electrons. The monoisotopic (exact) mass is 450 g/mol. The van der Waals surface area contributed by atoms with Crippen LogP contribution < -0.4 is 16.1 Å². The van der Waals surface area contributed by atoms with Crippen LogP contribution in [0.1, 0.15) is 81.1 Å². The molecule has 2 saturated heterocycles. The van der Waals surface area contributed by atoms with Gasteiger partial charge in [-0.15, -0.1) is 20.5 Å². The van der Waals surface area contributed by atoms with Crippen molar-refractivity contribution >= 4 is 17.8 Å². The number of hydrogen-bond donors (Lipinski definition) is 4. The summed E-state index contributed by atoms with van der Waals surface area (Å²) >= 11 is 0. The third-order valence-corrected chi connectivity index (χ3v) is 6.58. The van der Waals surface area contributed by atoms with Crippen molar-refractivity contribution in [2.45, 2.75) is 115 Å². The lowest BCUT2D eigenvalue weighted by Gasteiger charge is -2.50. The van der Waals surface area contributed by atoms with Crippen LogP contribution in [0.5, 0.6) is 0 Å². The maximum absolute atomic E-state index is 12.6. The van der Waals surface area contributed by atoms with Crippen LogP contribution in [0.3, 0.4) is 0 Å². The third kappa shape index (κ3) is 5.07. The van der Waals surface area contributed by atoms with E-state index in [9.17, 15) is 15.6 Å². The van der Waals surface area contributed by atoms with Gasteiger partial charge in [0.1, 0.15) is 0 Å². The van der Waals surface area contributed by atoms with Crippen molar-refractivity contribution in [2.75, 3.05) is 16.1 Å². The van der Waals surface area contributed by atoms with Crippen molar-refractivity contribution in [3.05, 3.63) is 0 Å². The van der Waals surface area contributed by atoms with E-state index in [4.69, 9.17) is 0 Å². The topological polar surface area (TPSA) is 141 Å². The molecule has 2 aliphatic rings. The molecule has 0 aromatic carbocycles. The zero-order valence-corrected chi connectivity index (χ0v) is 20.5. The van der Waals surface area contributed by atoms with E-state index in [-0.39, 0.29) is 18.0 Å². The Balaban J connectivity index is 1.79. The molecule has 3 rings (SSSR count). The number of hydroxylamine groups is 4. The van der Waals surface area contributed by atoms with Gasteiger partial charge in [-0.1, -0.05) is 0 Å². The highest BCUT2D eigenvalue weighted by Crippen LogP contribution is 2.39. The standard InChI is InChI=1S/C21H38N8O3/c1-18(2)9-13(10-19(3,4)28(18)31)22-15-24-16(26-17(25-15)27-30)23-14-11-20(5,6)29(32)21(7,8)12-14/h13-14,30H,9-12H2,1-8H3,(H3,22,23,24,25,26,27). The minimum absolute atomic E-state index is 0.0181. The quantitative estimate of drug-likeness (QED) is 0.497. The van der Waals surface area contributed by atoms with Crippen LogP contribution in [0.25, 0.3) is 0 Å². The molecule has 0 aliphatic carbocycles. The highest BCUT2D eigenvalue weighted by atomic mass is 16.5. The summed E-state index contributed by atoms with van der Waals surface area (Å²) in [4.78, 5) is 13.0. The molecule has 11 nitrogen and oxygen atoms in total. The summed E-state index contributed by atoms with van der Waals surface area (Å²) in [5.74, 6) is 0.647. The second kappa shape index (κ2) is 8.21. The molecular weight excluding hydrogens is 412 g/mol. The molecule has 0 unspecified atom stereocenters. The predicted octanol–water partition coefficient (Wildman–Crippen LogP) is 3.23.